The molecule has 2 aliphatic heterocycles. The Hall–Kier alpha value is -0.540. The molecule has 0 amide bonds. The van der Waals surface area contributed by atoms with Crippen LogP contribution >= 0.6 is 11.5 Å². The van der Waals surface area contributed by atoms with Gasteiger partial charge in [-0.15, -0.1) is 0 Å². The number of hydrogen-bond donors (Lipinski definition) is 0. The van der Waals surface area contributed by atoms with Gasteiger partial charge in [-0.25, -0.2) is 4.37 Å². The number of piperidine rings is 2. The summed E-state index contributed by atoms with van der Waals surface area (Å²) in [6.45, 7) is 4.66. The second-order valence-electron chi connectivity index (χ2n) is 7.17. The Morgan fingerprint density at radius 1 is 1.12 bits per heavy atom. The van der Waals surface area contributed by atoms with Gasteiger partial charge in [-0.1, -0.05) is 0 Å². The molecule has 0 radical (unpaired) electrons. The lowest BCUT2D eigenvalue weighted by Crippen LogP contribution is -2.46. The van der Waals surface area contributed by atoms with Crippen LogP contribution in [0.1, 0.15) is 31.2 Å². The third-order valence-corrected chi connectivity index (χ3v) is 8.05. The maximum Gasteiger partial charge on any atom is 0.281 e. The number of aromatic nitrogens is 1. The van der Waals surface area contributed by atoms with Gasteiger partial charge in [0.2, 0.25) is 0 Å². The van der Waals surface area contributed by atoms with E-state index in [1.165, 1.54) is 34.2 Å². The van der Waals surface area contributed by atoms with Crippen LogP contribution in [0, 0.1) is 11.8 Å². The summed E-state index contributed by atoms with van der Waals surface area (Å²) in [7, 11) is -0.0159. The molecule has 1 aromatic rings. The highest BCUT2D eigenvalue weighted by Gasteiger charge is 2.33. The Labute approximate surface area is 149 Å². The van der Waals surface area contributed by atoms with Gasteiger partial charge in [-0.05, 0) is 67.7 Å². The van der Waals surface area contributed by atoms with E-state index in [-0.39, 0.29) is 0 Å². The van der Waals surface area contributed by atoms with Crippen molar-refractivity contribution in [3.63, 3.8) is 0 Å². The minimum atomic E-state index is -3.24. The maximum atomic E-state index is 12.2. The molecule has 1 aromatic heterocycles. The van der Waals surface area contributed by atoms with E-state index in [9.17, 15) is 8.42 Å². The molecular weight excluding hydrogens is 344 g/mol. The molecule has 0 saturated carbocycles. The lowest BCUT2D eigenvalue weighted by Gasteiger charge is -2.40. The summed E-state index contributed by atoms with van der Waals surface area (Å²) in [6.07, 6.45) is 6.46. The van der Waals surface area contributed by atoms with Crippen molar-refractivity contribution < 1.29 is 8.42 Å². The van der Waals surface area contributed by atoms with Gasteiger partial charge < -0.3 is 0 Å². The second-order valence-corrected chi connectivity index (χ2v) is 9.97. The zero-order valence-corrected chi connectivity index (χ0v) is 16.2. The predicted molar refractivity (Wildman–Crippen MR) is 97.0 cm³/mol. The summed E-state index contributed by atoms with van der Waals surface area (Å²) in [6, 6.07) is 0. The second kappa shape index (κ2) is 7.78. The molecule has 2 fully saturated rings. The summed E-state index contributed by atoms with van der Waals surface area (Å²) in [5.41, 5.74) is 1.32. The molecule has 2 saturated heterocycles. The summed E-state index contributed by atoms with van der Waals surface area (Å²) >= 11 is 1.52. The molecule has 0 spiro atoms. The molecule has 0 unspecified atom stereocenters. The number of hydrogen-bond acceptors (Lipinski definition) is 5. The van der Waals surface area contributed by atoms with E-state index in [0.717, 1.165) is 38.4 Å². The van der Waals surface area contributed by atoms with Crippen LogP contribution in [0.5, 0.6) is 0 Å². The summed E-state index contributed by atoms with van der Waals surface area (Å²) in [5, 5.41) is 2.13. The van der Waals surface area contributed by atoms with Gasteiger partial charge in [-0.3, -0.25) is 4.90 Å². The normalized spacial score (nSPS) is 23.1. The van der Waals surface area contributed by atoms with Crippen molar-refractivity contribution in [2.45, 2.75) is 32.2 Å². The van der Waals surface area contributed by atoms with E-state index < -0.39 is 10.2 Å². The minimum Gasteiger partial charge on any atom is -0.299 e. The first-order valence-electron chi connectivity index (χ1n) is 8.75. The topological polar surface area (TPSA) is 56.8 Å². The van der Waals surface area contributed by atoms with Crippen molar-refractivity contribution in [2.75, 3.05) is 40.3 Å². The zero-order valence-electron chi connectivity index (χ0n) is 14.6. The van der Waals surface area contributed by atoms with Crippen molar-refractivity contribution >= 4 is 21.7 Å². The number of rotatable bonds is 5. The molecule has 0 bridgehead atoms. The van der Waals surface area contributed by atoms with Crippen molar-refractivity contribution in [3.8, 4) is 0 Å². The first-order valence-corrected chi connectivity index (χ1v) is 11.0. The van der Waals surface area contributed by atoms with Gasteiger partial charge in [0, 0.05) is 45.3 Å². The van der Waals surface area contributed by atoms with E-state index in [0.29, 0.717) is 19.0 Å². The molecule has 0 atom stereocenters. The van der Waals surface area contributed by atoms with Crippen LogP contribution in [-0.4, -0.2) is 66.6 Å². The number of nitrogens with zero attached hydrogens (tertiary/aromatic N) is 4. The molecule has 6 nitrogen and oxygen atoms in total. The first-order chi connectivity index (χ1) is 11.5. The summed E-state index contributed by atoms with van der Waals surface area (Å²) in [4.78, 5) is 2.52. The third kappa shape index (κ3) is 4.16. The van der Waals surface area contributed by atoms with Crippen LogP contribution in [0.2, 0.25) is 0 Å². The monoisotopic (exact) mass is 372 g/mol. The van der Waals surface area contributed by atoms with Gasteiger partial charge >= 0.3 is 0 Å². The summed E-state index contributed by atoms with van der Waals surface area (Å²) in [5.74, 6) is 1.44. The molecule has 8 heteroatoms. The van der Waals surface area contributed by atoms with Crippen LogP contribution in [0.3, 0.4) is 0 Å². The Kier molecular flexibility index (Phi) is 5.92. The van der Waals surface area contributed by atoms with Crippen LogP contribution in [-0.2, 0) is 16.8 Å². The SMILES string of the molecule is CN(C)S(=O)(=O)N1CCC(C2CCN(Cc3cnsc3)CC2)CC1. The van der Waals surface area contributed by atoms with Gasteiger partial charge in [0.15, 0.2) is 0 Å². The maximum absolute atomic E-state index is 12.2. The fourth-order valence-electron chi connectivity index (χ4n) is 3.95. The Morgan fingerprint density at radius 3 is 2.21 bits per heavy atom. The zero-order chi connectivity index (χ0) is 17.2. The van der Waals surface area contributed by atoms with E-state index in [2.05, 4.69) is 14.7 Å². The van der Waals surface area contributed by atoms with Crippen LogP contribution in [0.15, 0.2) is 11.6 Å². The van der Waals surface area contributed by atoms with Gasteiger partial charge in [0.25, 0.3) is 10.2 Å². The highest BCUT2D eigenvalue weighted by Crippen LogP contribution is 2.33. The molecule has 3 heterocycles. The van der Waals surface area contributed by atoms with E-state index >= 15 is 0 Å². The van der Waals surface area contributed by atoms with E-state index in [1.807, 2.05) is 6.20 Å². The number of likely N-dealkylation sites (tertiary alicyclic amines) is 1. The smallest absolute Gasteiger partial charge is 0.281 e. The van der Waals surface area contributed by atoms with Crippen molar-refractivity contribution in [1.29, 1.82) is 0 Å². The van der Waals surface area contributed by atoms with Crippen molar-refractivity contribution in [1.82, 2.24) is 17.9 Å². The van der Waals surface area contributed by atoms with Crippen LogP contribution in [0.4, 0.5) is 0 Å². The average molecular weight is 373 g/mol. The average Bonchev–Trinajstić information content (AvgIpc) is 3.08. The lowest BCUT2D eigenvalue weighted by atomic mass is 9.79. The fraction of sp³-hybridized carbons (Fsp3) is 0.812. The minimum absolute atomic E-state index is 0.673. The molecule has 136 valence electrons. The fourth-order valence-corrected chi connectivity index (χ4v) is 5.62. The van der Waals surface area contributed by atoms with Crippen LogP contribution < -0.4 is 0 Å². The highest BCUT2D eigenvalue weighted by molar-refractivity contribution is 7.86. The molecule has 0 aromatic carbocycles. The van der Waals surface area contributed by atoms with Crippen LogP contribution in [0.25, 0.3) is 0 Å². The molecule has 0 aliphatic carbocycles. The van der Waals surface area contributed by atoms with Crippen molar-refractivity contribution in [3.05, 3.63) is 17.1 Å². The largest absolute Gasteiger partial charge is 0.299 e. The molecule has 0 N–H and O–H groups in total. The quantitative estimate of drug-likeness (QED) is 0.792. The van der Waals surface area contributed by atoms with Crippen molar-refractivity contribution in [2.24, 2.45) is 11.8 Å². The van der Waals surface area contributed by atoms with E-state index in [1.54, 1.807) is 18.4 Å². The first kappa shape index (κ1) is 18.3. The van der Waals surface area contributed by atoms with Gasteiger partial charge in [0.05, 0.1) is 0 Å². The van der Waals surface area contributed by atoms with Gasteiger partial charge in [0.1, 0.15) is 0 Å². The Bertz CT molecular complexity index is 602. The third-order valence-electron chi connectivity index (χ3n) is 5.47. The molecule has 2 aliphatic rings. The summed E-state index contributed by atoms with van der Waals surface area (Å²) < 4.78 is 31.5. The lowest BCUT2D eigenvalue weighted by molar-refractivity contribution is 0.113. The standard InChI is InChI=1S/C16H28N4O2S2/c1-18(2)24(21,22)20-9-5-16(6-10-20)15-3-7-19(8-4-15)12-14-11-17-23-13-14/h11,13,15-16H,3-10,12H2,1-2H3. The highest BCUT2D eigenvalue weighted by atomic mass is 32.2. The Morgan fingerprint density at radius 2 is 1.71 bits per heavy atom. The molecular formula is C16H28N4O2S2. The van der Waals surface area contributed by atoms with Gasteiger partial charge in [-0.2, -0.15) is 17.0 Å². The predicted octanol–water partition coefficient (Wildman–Crippen LogP) is 1.87. The Balaban J connectivity index is 1.45. The van der Waals surface area contributed by atoms with E-state index in [4.69, 9.17) is 0 Å². The molecule has 24 heavy (non-hydrogen) atoms. The molecule has 3 rings (SSSR count).